The first-order valence-electron chi connectivity index (χ1n) is 5.40. The predicted octanol–water partition coefficient (Wildman–Crippen LogP) is 3.19. The zero-order chi connectivity index (χ0) is 13.8. The lowest BCUT2D eigenvalue weighted by Crippen LogP contribution is -2.00. The summed E-state index contributed by atoms with van der Waals surface area (Å²) in [6, 6.07) is 8.59. The summed E-state index contributed by atoms with van der Waals surface area (Å²) in [5, 5.41) is 12.1. The van der Waals surface area contributed by atoms with Crippen LogP contribution in [-0.4, -0.2) is 23.2 Å². The summed E-state index contributed by atoms with van der Waals surface area (Å²) >= 11 is 5.98. The van der Waals surface area contributed by atoms with E-state index in [4.69, 9.17) is 21.4 Å². The second kappa shape index (κ2) is 5.58. The Bertz CT molecular complexity index is 617. The molecule has 0 radical (unpaired) electrons. The Morgan fingerprint density at radius 1 is 1.42 bits per heavy atom. The molecule has 5 nitrogen and oxygen atoms in total. The van der Waals surface area contributed by atoms with Crippen LogP contribution in [0.25, 0.3) is 0 Å². The third-order valence-electron chi connectivity index (χ3n) is 2.42. The molecule has 2 aromatic rings. The van der Waals surface area contributed by atoms with Crippen molar-refractivity contribution in [2.75, 3.05) is 12.4 Å². The fourth-order valence-corrected chi connectivity index (χ4v) is 1.70. The lowest BCUT2D eigenvalue weighted by atomic mass is 10.2. The molecule has 1 aromatic heterocycles. The first kappa shape index (κ1) is 13.2. The van der Waals surface area contributed by atoms with Crippen LogP contribution < -0.4 is 10.1 Å². The van der Waals surface area contributed by atoms with Crippen LogP contribution in [0.4, 0.5) is 11.5 Å². The highest BCUT2D eigenvalue weighted by atomic mass is 35.5. The first-order chi connectivity index (χ1) is 9.10. The number of aromatic nitrogens is 1. The smallest absolute Gasteiger partial charge is 0.337 e. The number of ether oxygens (including phenoxy) is 1. The summed E-state index contributed by atoms with van der Waals surface area (Å²) in [6.45, 7) is 0. The molecule has 0 aliphatic heterocycles. The van der Waals surface area contributed by atoms with Crippen molar-refractivity contribution in [2.24, 2.45) is 0 Å². The number of hydrogen-bond acceptors (Lipinski definition) is 4. The van der Waals surface area contributed by atoms with E-state index in [9.17, 15) is 4.79 Å². The van der Waals surface area contributed by atoms with Gasteiger partial charge in [0.05, 0.1) is 17.7 Å². The Kier molecular flexibility index (Phi) is 3.87. The van der Waals surface area contributed by atoms with Gasteiger partial charge in [-0.1, -0.05) is 17.7 Å². The standard InChI is InChI=1S/C13H11ClN2O3/c1-19-10-4-2-3-9(6-10)16-12-11(14)5-8(7-15-12)13(17)18/h2-7H,1H3,(H,15,16)(H,17,18). The van der Waals surface area contributed by atoms with E-state index in [-0.39, 0.29) is 10.6 Å². The van der Waals surface area contributed by atoms with Crippen molar-refractivity contribution in [3.8, 4) is 5.75 Å². The lowest BCUT2D eigenvalue weighted by Gasteiger charge is -2.09. The molecule has 0 atom stereocenters. The summed E-state index contributed by atoms with van der Waals surface area (Å²) in [6.07, 6.45) is 1.25. The summed E-state index contributed by atoms with van der Waals surface area (Å²) in [4.78, 5) is 14.8. The van der Waals surface area contributed by atoms with Gasteiger partial charge in [0.15, 0.2) is 0 Å². The number of methoxy groups -OCH3 is 1. The van der Waals surface area contributed by atoms with Crippen LogP contribution in [0.3, 0.4) is 0 Å². The van der Waals surface area contributed by atoms with Gasteiger partial charge in [0.25, 0.3) is 0 Å². The van der Waals surface area contributed by atoms with Crippen molar-refractivity contribution >= 4 is 29.1 Å². The van der Waals surface area contributed by atoms with E-state index < -0.39 is 5.97 Å². The number of carboxylic acids is 1. The minimum Gasteiger partial charge on any atom is -0.497 e. The Hall–Kier alpha value is -2.27. The minimum absolute atomic E-state index is 0.0428. The minimum atomic E-state index is -1.07. The zero-order valence-corrected chi connectivity index (χ0v) is 10.8. The fraction of sp³-hybridized carbons (Fsp3) is 0.0769. The van der Waals surface area contributed by atoms with Crippen molar-refractivity contribution in [1.29, 1.82) is 0 Å². The molecule has 0 saturated heterocycles. The number of hydrogen-bond donors (Lipinski definition) is 2. The van der Waals surface area contributed by atoms with Gasteiger partial charge in [-0.2, -0.15) is 0 Å². The van der Waals surface area contributed by atoms with E-state index in [0.717, 1.165) is 5.69 Å². The molecule has 98 valence electrons. The predicted molar refractivity (Wildman–Crippen MR) is 72.5 cm³/mol. The van der Waals surface area contributed by atoms with E-state index in [1.165, 1.54) is 12.3 Å². The molecule has 2 rings (SSSR count). The number of pyridine rings is 1. The third kappa shape index (κ3) is 3.14. The van der Waals surface area contributed by atoms with Crippen LogP contribution >= 0.6 is 11.6 Å². The second-order valence-corrected chi connectivity index (χ2v) is 4.12. The number of anilines is 2. The number of carbonyl (C=O) groups is 1. The molecule has 0 bridgehead atoms. The van der Waals surface area contributed by atoms with E-state index in [1.54, 1.807) is 13.2 Å². The summed E-state index contributed by atoms with van der Waals surface area (Å²) in [5.74, 6) is 0.0190. The number of nitrogens with one attached hydrogen (secondary N) is 1. The van der Waals surface area contributed by atoms with Gasteiger partial charge in [-0.15, -0.1) is 0 Å². The molecule has 2 N–H and O–H groups in total. The first-order valence-corrected chi connectivity index (χ1v) is 5.78. The number of benzene rings is 1. The van der Waals surface area contributed by atoms with Crippen LogP contribution in [0, 0.1) is 0 Å². The largest absolute Gasteiger partial charge is 0.497 e. The fourth-order valence-electron chi connectivity index (χ4n) is 1.48. The Labute approximate surface area is 114 Å². The topological polar surface area (TPSA) is 71.5 Å². The lowest BCUT2D eigenvalue weighted by molar-refractivity contribution is 0.0696. The van der Waals surface area contributed by atoms with Crippen molar-refractivity contribution in [3.63, 3.8) is 0 Å². The molecular weight excluding hydrogens is 268 g/mol. The number of nitrogens with zero attached hydrogens (tertiary/aromatic N) is 1. The molecule has 19 heavy (non-hydrogen) atoms. The van der Waals surface area contributed by atoms with Crippen LogP contribution in [0.15, 0.2) is 36.5 Å². The summed E-state index contributed by atoms with van der Waals surface area (Å²) in [7, 11) is 1.58. The maximum absolute atomic E-state index is 10.8. The highest BCUT2D eigenvalue weighted by molar-refractivity contribution is 6.33. The van der Waals surface area contributed by atoms with Gasteiger partial charge < -0.3 is 15.2 Å². The number of rotatable bonds is 4. The summed E-state index contributed by atoms with van der Waals surface area (Å²) < 4.78 is 5.10. The summed E-state index contributed by atoms with van der Waals surface area (Å²) in [5.41, 5.74) is 0.790. The normalized spacial score (nSPS) is 10.0. The van der Waals surface area contributed by atoms with Crippen molar-refractivity contribution in [2.45, 2.75) is 0 Å². The van der Waals surface area contributed by atoms with Crippen LogP contribution in [-0.2, 0) is 0 Å². The van der Waals surface area contributed by atoms with Gasteiger partial charge in [0.1, 0.15) is 11.6 Å². The number of carboxylic acid groups (broad SMARTS) is 1. The van der Waals surface area contributed by atoms with Gasteiger partial charge in [-0.05, 0) is 18.2 Å². The van der Waals surface area contributed by atoms with Gasteiger partial charge in [-0.3, -0.25) is 0 Å². The molecular formula is C13H11ClN2O3. The average Bonchev–Trinajstić information content (AvgIpc) is 2.41. The maximum atomic E-state index is 10.8. The van der Waals surface area contributed by atoms with Gasteiger partial charge in [0.2, 0.25) is 0 Å². The molecule has 0 amide bonds. The van der Waals surface area contributed by atoms with E-state index in [2.05, 4.69) is 10.3 Å². The molecule has 6 heteroatoms. The van der Waals surface area contributed by atoms with Crippen molar-refractivity contribution < 1.29 is 14.6 Å². The maximum Gasteiger partial charge on any atom is 0.337 e. The molecule has 1 aromatic carbocycles. The zero-order valence-electron chi connectivity index (χ0n) is 10.1. The Morgan fingerprint density at radius 3 is 2.84 bits per heavy atom. The SMILES string of the molecule is COc1cccc(Nc2ncc(C(=O)O)cc2Cl)c1. The molecule has 0 unspecified atom stereocenters. The average molecular weight is 279 g/mol. The Balaban J connectivity index is 2.25. The highest BCUT2D eigenvalue weighted by Crippen LogP contribution is 2.25. The number of aromatic carboxylic acids is 1. The van der Waals surface area contributed by atoms with Gasteiger partial charge in [0, 0.05) is 18.0 Å². The molecule has 0 aliphatic carbocycles. The van der Waals surface area contributed by atoms with Crippen LogP contribution in [0.2, 0.25) is 5.02 Å². The number of halogens is 1. The van der Waals surface area contributed by atoms with E-state index in [1.807, 2.05) is 18.2 Å². The Morgan fingerprint density at radius 2 is 2.21 bits per heavy atom. The third-order valence-corrected chi connectivity index (χ3v) is 2.71. The molecule has 0 aliphatic rings. The van der Waals surface area contributed by atoms with Gasteiger partial charge >= 0.3 is 5.97 Å². The van der Waals surface area contributed by atoms with E-state index >= 15 is 0 Å². The highest BCUT2D eigenvalue weighted by Gasteiger charge is 2.08. The molecule has 0 fully saturated rings. The van der Waals surface area contributed by atoms with Gasteiger partial charge in [-0.25, -0.2) is 9.78 Å². The van der Waals surface area contributed by atoms with Crippen molar-refractivity contribution in [3.05, 3.63) is 47.1 Å². The van der Waals surface area contributed by atoms with Crippen molar-refractivity contribution in [1.82, 2.24) is 4.98 Å². The molecule has 0 saturated carbocycles. The monoisotopic (exact) mass is 278 g/mol. The van der Waals surface area contributed by atoms with Crippen LogP contribution in [0.5, 0.6) is 5.75 Å². The second-order valence-electron chi connectivity index (χ2n) is 3.72. The molecule has 1 heterocycles. The quantitative estimate of drug-likeness (QED) is 0.899. The molecule has 0 spiro atoms. The van der Waals surface area contributed by atoms with Crippen LogP contribution in [0.1, 0.15) is 10.4 Å². The van der Waals surface area contributed by atoms with E-state index in [0.29, 0.717) is 11.6 Å².